The van der Waals surface area contributed by atoms with Crippen LogP contribution in [0.1, 0.15) is 0 Å². The number of aliphatic hydroxyl groups excluding tert-OH is 4. The average molecular weight is 314 g/mol. The summed E-state index contributed by atoms with van der Waals surface area (Å²) in [4.78, 5) is 5.59. The van der Waals surface area contributed by atoms with Crippen molar-refractivity contribution in [1.29, 1.82) is 0 Å². The summed E-state index contributed by atoms with van der Waals surface area (Å²) in [6.45, 7) is -0.485. The summed E-state index contributed by atoms with van der Waals surface area (Å²) in [6.07, 6.45) is -5.31. The SMILES string of the molecule is CN1CC([C@@H](O)[C@@H](O)[C@H](O)CO)OC1=Nc1ccccc1F. The Morgan fingerprint density at radius 2 is 2.05 bits per heavy atom. The van der Waals surface area contributed by atoms with Crippen LogP contribution in [0.2, 0.25) is 0 Å². The lowest BCUT2D eigenvalue weighted by molar-refractivity contribution is -0.106. The maximum atomic E-state index is 13.6. The number of benzene rings is 1. The standard InChI is InChI=1S/C14H19FN2O5/c1-17-6-11(13(21)12(20)10(19)7-18)22-14(17)16-9-5-3-2-4-8(9)15/h2-5,10-13,18-21H,6-7H2,1H3/t10-,11?,12+,13-/m1/s1. The summed E-state index contributed by atoms with van der Waals surface area (Å²) in [5.74, 6) is -0.508. The molecule has 0 radical (unpaired) electrons. The molecule has 0 bridgehead atoms. The number of para-hydroxylation sites is 1. The molecule has 0 amide bonds. The van der Waals surface area contributed by atoms with Gasteiger partial charge in [0.1, 0.15) is 35.9 Å². The van der Waals surface area contributed by atoms with Crippen LogP contribution < -0.4 is 0 Å². The summed E-state index contributed by atoms with van der Waals surface area (Å²) in [6, 6.07) is 6.01. The number of hydrogen-bond donors (Lipinski definition) is 4. The Kier molecular flexibility index (Phi) is 5.30. The molecule has 1 unspecified atom stereocenters. The highest BCUT2D eigenvalue weighted by molar-refractivity contribution is 5.78. The molecule has 1 aromatic carbocycles. The van der Waals surface area contributed by atoms with Crippen LogP contribution in [0.25, 0.3) is 0 Å². The fourth-order valence-corrected chi connectivity index (χ4v) is 2.10. The van der Waals surface area contributed by atoms with Crippen molar-refractivity contribution in [2.45, 2.75) is 24.4 Å². The molecule has 7 nitrogen and oxygen atoms in total. The van der Waals surface area contributed by atoms with E-state index in [-0.39, 0.29) is 18.3 Å². The first-order chi connectivity index (χ1) is 10.4. The van der Waals surface area contributed by atoms with E-state index < -0.39 is 36.8 Å². The molecule has 1 aliphatic heterocycles. The summed E-state index contributed by atoms with van der Waals surface area (Å²) in [5, 5.41) is 37.8. The van der Waals surface area contributed by atoms with Crippen molar-refractivity contribution in [3.05, 3.63) is 30.1 Å². The Balaban J connectivity index is 2.11. The molecule has 1 aromatic rings. The fourth-order valence-electron chi connectivity index (χ4n) is 2.10. The summed E-state index contributed by atoms with van der Waals surface area (Å²) >= 11 is 0. The number of rotatable bonds is 5. The normalized spacial score (nSPS) is 24.2. The highest BCUT2D eigenvalue weighted by Gasteiger charge is 2.38. The van der Waals surface area contributed by atoms with Gasteiger partial charge in [-0.25, -0.2) is 4.39 Å². The van der Waals surface area contributed by atoms with E-state index >= 15 is 0 Å². The molecule has 0 aliphatic carbocycles. The van der Waals surface area contributed by atoms with Crippen LogP contribution >= 0.6 is 0 Å². The maximum Gasteiger partial charge on any atom is 0.292 e. The summed E-state index contributed by atoms with van der Waals surface area (Å²) in [5.41, 5.74) is 0.0930. The van der Waals surface area contributed by atoms with Crippen LogP contribution in [0.5, 0.6) is 0 Å². The third-order valence-corrected chi connectivity index (χ3v) is 3.42. The van der Waals surface area contributed by atoms with Gasteiger partial charge in [-0.2, -0.15) is 4.99 Å². The van der Waals surface area contributed by atoms with Gasteiger partial charge < -0.3 is 30.1 Å². The van der Waals surface area contributed by atoms with E-state index in [0.717, 1.165) is 0 Å². The molecule has 2 rings (SSSR count). The lowest BCUT2D eigenvalue weighted by Gasteiger charge is -2.24. The van der Waals surface area contributed by atoms with E-state index in [1.165, 1.54) is 18.2 Å². The van der Waals surface area contributed by atoms with Crippen LogP contribution in [0, 0.1) is 5.82 Å². The lowest BCUT2D eigenvalue weighted by Crippen LogP contribution is -2.47. The number of aliphatic imine (C=N–C) groups is 1. The summed E-state index contributed by atoms with van der Waals surface area (Å²) in [7, 11) is 1.64. The van der Waals surface area contributed by atoms with Gasteiger partial charge in [0, 0.05) is 7.05 Å². The van der Waals surface area contributed by atoms with E-state index in [0.29, 0.717) is 0 Å². The third-order valence-electron chi connectivity index (χ3n) is 3.42. The van der Waals surface area contributed by atoms with Crippen molar-refractivity contribution >= 4 is 11.7 Å². The van der Waals surface area contributed by atoms with E-state index in [9.17, 15) is 19.7 Å². The highest BCUT2D eigenvalue weighted by Crippen LogP contribution is 2.22. The Hall–Kier alpha value is -1.74. The summed E-state index contributed by atoms with van der Waals surface area (Å²) < 4.78 is 19.0. The van der Waals surface area contributed by atoms with Crippen molar-refractivity contribution in [1.82, 2.24) is 4.90 Å². The largest absolute Gasteiger partial charge is 0.457 e. The molecule has 1 fully saturated rings. The first kappa shape index (κ1) is 16.6. The van der Waals surface area contributed by atoms with Gasteiger partial charge in [0.05, 0.1) is 13.2 Å². The van der Waals surface area contributed by atoms with Crippen molar-refractivity contribution < 1.29 is 29.6 Å². The van der Waals surface area contributed by atoms with Crippen molar-refractivity contribution in [3.8, 4) is 0 Å². The van der Waals surface area contributed by atoms with Gasteiger partial charge in [-0.05, 0) is 12.1 Å². The molecule has 4 atom stereocenters. The first-order valence-electron chi connectivity index (χ1n) is 6.80. The number of halogens is 1. The number of aliphatic hydroxyl groups is 4. The van der Waals surface area contributed by atoms with Crippen LogP contribution in [-0.2, 0) is 4.74 Å². The van der Waals surface area contributed by atoms with Crippen LogP contribution in [0.4, 0.5) is 10.1 Å². The molecule has 22 heavy (non-hydrogen) atoms. The average Bonchev–Trinajstić information content (AvgIpc) is 2.88. The topological polar surface area (TPSA) is 106 Å². The number of likely N-dealkylation sites (N-methyl/N-ethyl adjacent to an activating group) is 1. The first-order valence-corrected chi connectivity index (χ1v) is 6.80. The smallest absolute Gasteiger partial charge is 0.292 e. The second-order valence-electron chi connectivity index (χ2n) is 5.11. The number of hydrogen-bond acceptors (Lipinski definition) is 6. The Morgan fingerprint density at radius 1 is 1.36 bits per heavy atom. The number of ether oxygens (including phenoxy) is 1. The van der Waals surface area contributed by atoms with Crippen molar-refractivity contribution in [2.24, 2.45) is 4.99 Å². The second-order valence-corrected chi connectivity index (χ2v) is 5.11. The zero-order valence-electron chi connectivity index (χ0n) is 12.0. The number of nitrogens with zero attached hydrogens (tertiary/aromatic N) is 2. The zero-order chi connectivity index (χ0) is 16.3. The van der Waals surface area contributed by atoms with Crippen molar-refractivity contribution in [3.63, 3.8) is 0 Å². The van der Waals surface area contributed by atoms with Crippen LogP contribution in [0.15, 0.2) is 29.3 Å². The van der Waals surface area contributed by atoms with E-state index in [1.54, 1.807) is 18.0 Å². The van der Waals surface area contributed by atoms with E-state index in [1.807, 2.05) is 0 Å². The van der Waals surface area contributed by atoms with Gasteiger partial charge in [-0.1, -0.05) is 12.1 Å². The van der Waals surface area contributed by atoms with Crippen LogP contribution in [-0.4, -0.2) is 76.0 Å². The predicted octanol–water partition coefficient (Wildman–Crippen LogP) is -0.781. The van der Waals surface area contributed by atoms with E-state index in [4.69, 9.17) is 9.84 Å². The van der Waals surface area contributed by atoms with Crippen LogP contribution in [0.3, 0.4) is 0 Å². The van der Waals surface area contributed by atoms with Gasteiger partial charge in [0.25, 0.3) is 6.02 Å². The molecule has 1 aliphatic rings. The molecule has 122 valence electrons. The van der Waals surface area contributed by atoms with Gasteiger partial charge in [0.2, 0.25) is 0 Å². The van der Waals surface area contributed by atoms with Gasteiger partial charge in [-0.3, -0.25) is 0 Å². The fraction of sp³-hybridized carbons (Fsp3) is 0.500. The monoisotopic (exact) mass is 314 g/mol. The molecule has 4 N–H and O–H groups in total. The van der Waals surface area contributed by atoms with Gasteiger partial charge in [-0.15, -0.1) is 0 Å². The Bertz CT molecular complexity index is 542. The predicted molar refractivity (Wildman–Crippen MR) is 76.1 cm³/mol. The van der Waals surface area contributed by atoms with Gasteiger partial charge >= 0.3 is 0 Å². The highest BCUT2D eigenvalue weighted by atomic mass is 19.1. The lowest BCUT2D eigenvalue weighted by atomic mass is 10.0. The van der Waals surface area contributed by atoms with Gasteiger partial charge in [0.15, 0.2) is 0 Å². The molecule has 0 saturated carbocycles. The molecule has 8 heteroatoms. The Morgan fingerprint density at radius 3 is 2.68 bits per heavy atom. The minimum absolute atomic E-state index is 0.0930. The van der Waals surface area contributed by atoms with E-state index in [2.05, 4.69) is 4.99 Å². The second kappa shape index (κ2) is 7.01. The molecule has 1 saturated heterocycles. The zero-order valence-corrected chi connectivity index (χ0v) is 12.0. The number of amidine groups is 1. The molecule has 0 spiro atoms. The van der Waals surface area contributed by atoms with Crippen molar-refractivity contribution in [2.75, 3.05) is 20.2 Å². The third kappa shape index (κ3) is 3.53. The maximum absolute atomic E-state index is 13.6. The molecular weight excluding hydrogens is 295 g/mol. The quantitative estimate of drug-likeness (QED) is 0.568. The minimum Gasteiger partial charge on any atom is -0.457 e. The molecule has 0 aromatic heterocycles. The minimum atomic E-state index is -1.56. The molecule has 1 heterocycles. The Labute approximate surface area is 126 Å². The molecular formula is C14H19FN2O5.